The molecule has 1 atom stereocenters. The second kappa shape index (κ2) is 3.56. The van der Waals surface area contributed by atoms with Crippen LogP contribution in [0.25, 0.3) is 0 Å². The number of rotatable bonds is 2. The fraction of sp³-hybridized carbons (Fsp3) is 0.500. The van der Waals surface area contributed by atoms with Crippen LogP contribution in [0, 0.1) is 0 Å². The Balaban J connectivity index is 2.28. The van der Waals surface area contributed by atoms with Gasteiger partial charge in [0, 0.05) is 17.2 Å². The van der Waals surface area contributed by atoms with Crippen LogP contribution in [0.2, 0.25) is 0 Å². The zero-order chi connectivity index (χ0) is 10.2. The van der Waals surface area contributed by atoms with E-state index in [1.54, 1.807) is 12.1 Å². The molecule has 1 aliphatic rings. The van der Waals surface area contributed by atoms with Crippen LogP contribution in [0.3, 0.4) is 0 Å². The summed E-state index contributed by atoms with van der Waals surface area (Å²) in [5, 5.41) is 0. The SMILES string of the molecule is O=S(=O)(Cl)N1CCCC1c1ccco1. The van der Waals surface area contributed by atoms with Crippen molar-refractivity contribution in [1.82, 2.24) is 4.31 Å². The van der Waals surface area contributed by atoms with Crippen molar-refractivity contribution in [3.05, 3.63) is 24.2 Å². The molecule has 0 bridgehead atoms. The number of hydrogen-bond donors (Lipinski definition) is 0. The third-order valence-electron chi connectivity index (χ3n) is 2.36. The second-order valence-corrected chi connectivity index (χ2v) is 5.69. The van der Waals surface area contributed by atoms with E-state index in [4.69, 9.17) is 15.1 Å². The van der Waals surface area contributed by atoms with Crippen LogP contribution in [0.1, 0.15) is 24.6 Å². The lowest BCUT2D eigenvalue weighted by molar-refractivity contribution is 0.345. The molecule has 0 amide bonds. The van der Waals surface area contributed by atoms with Gasteiger partial charge in [0.05, 0.1) is 12.3 Å². The van der Waals surface area contributed by atoms with Crippen molar-refractivity contribution < 1.29 is 12.8 Å². The molecule has 4 nitrogen and oxygen atoms in total. The van der Waals surface area contributed by atoms with Crippen molar-refractivity contribution in [1.29, 1.82) is 0 Å². The summed E-state index contributed by atoms with van der Waals surface area (Å²) in [7, 11) is 1.68. The highest BCUT2D eigenvalue weighted by Crippen LogP contribution is 2.35. The average Bonchev–Trinajstić information content (AvgIpc) is 2.73. The highest BCUT2D eigenvalue weighted by Gasteiger charge is 2.35. The third-order valence-corrected chi connectivity index (χ3v) is 3.88. The van der Waals surface area contributed by atoms with Crippen molar-refractivity contribution in [2.75, 3.05) is 6.54 Å². The van der Waals surface area contributed by atoms with Gasteiger partial charge in [0.15, 0.2) is 0 Å². The molecule has 1 aromatic heterocycles. The molecule has 1 aromatic rings. The number of hydrogen-bond acceptors (Lipinski definition) is 3. The quantitative estimate of drug-likeness (QED) is 0.736. The third kappa shape index (κ3) is 1.80. The maximum Gasteiger partial charge on any atom is 0.300 e. The smallest absolute Gasteiger partial charge is 0.300 e. The zero-order valence-electron chi connectivity index (χ0n) is 7.39. The first-order valence-corrected chi connectivity index (χ1v) is 6.60. The Labute approximate surface area is 87.0 Å². The second-order valence-electron chi connectivity index (χ2n) is 3.23. The molecule has 1 saturated heterocycles. The first-order chi connectivity index (χ1) is 6.59. The maximum atomic E-state index is 11.2. The van der Waals surface area contributed by atoms with Crippen molar-refractivity contribution in [2.45, 2.75) is 18.9 Å². The molecule has 0 N–H and O–H groups in total. The molecule has 6 heteroatoms. The molecule has 0 saturated carbocycles. The van der Waals surface area contributed by atoms with E-state index < -0.39 is 9.24 Å². The molecule has 1 aliphatic heterocycles. The van der Waals surface area contributed by atoms with Gasteiger partial charge in [-0.15, -0.1) is 0 Å². The summed E-state index contributed by atoms with van der Waals surface area (Å²) in [6, 6.07) is 3.28. The van der Waals surface area contributed by atoms with Crippen molar-refractivity contribution in [2.24, 2.45) is 0 Å². The van der Waals surface area contributed by atoms with Crippen LogP contribution in [0.5, 0.6) is 0 Å². The van der Waals surface area contributed by atoms with E-state index in [1.165, 1.54) is 10.6 Å². The van der Waals surface area contributed by atoms with Crippen LogP contribution in [0.15, 0.2) is 22.8 Å². The summed E-state index contributed by atoms with van der Waals surface area (Å²) in [6.45, 7) is 0.469. The molecule has 0 aromatic carbocycles. The lowest BCUT2D eigenvalue weighted by Crippen LogP contribution is -2.26. The van der Waals surface area contributed by atoms with E-state index >= 15 is 0 Å². The topological polar surface area (TPSA) is 50.5 Å². The minimum atomic E-state index is -3.63. The van der Waals surface area contributed by atoms with E-state index in [9.17, 15) is 8.42 Å². The predicted octanol–water partition coefficient (Wildman–Crippen LogP) is 1.90. The molecule has 1 fully saturated rings. The molecular formula is C8H10ClNO3S. The van der Waals surface area contributed by atoms with Crippen molar-refractivity contribution >= 4 is 19.9 Å². The Hall–Kier alpha value is -0.520. The predicted molar refractivity (Wildman–Crippen MR) is 52.2 cm³/mol. The Morgan fingerprint density at radius 2 is 2.36 bits per heavy atom. The first-order valence-electron chi connectivity index (χ1n) is 4.34. The highest BCUT2D eigenvalue weighted by molar-refractivity contribution is 8.11. The van der Waals surface area contributed by atoms with Gasteiger partial charge >= 0.3 is 0 Å². The fourth-order valence-corrected chi connectivity index (χ4v) is 3.12. The minimum Gasteiger partial charge on any atom is -0.468 e. The molecule has 1 unspecified atom stereocenters. The first kappa shape index (κ1) is 10.0. The molecule has 2 rings (SSSR count). The Morgan fingerprint density at radius 1 is 1.57 bits per heavy atom. The zero-order valence-corrected chi connectivity index (χ0v) is 8.96. The monoisotopic (exact) mass is 235 g/mol. The van der Waals surface area contributed by atoms with E-state index in [0.29, 0.717) is 12.3 Å². The molecule has 0 spiro atoms. The molecule has 2 heterocycles. The summed E-state index contributed by atoms with van der Waals surface area (Å²) in [5.74, 6) is 0.659. The summed E-state index contributed by atoms with van der Waals surface area (Å²) >= 11 is 0. The highest BCUT2D eigenvalue weighted by atomic mass is 35.7. The van der Waals surface area contributed by atoms with Gasteiger partial charge in [-0.3, -0.25) is 0 Å². The van der Waals surface area contributed by atoms with Gasteiger partial charge in [0.1, 0.15) is 5.76 Å². The van der Waals surface area contributed by atoms with E-state index in [-0.39, 0.29) is 6.04 Å². The van der Waals surface area contributed by atoms with E-state index in [1.807, 2.05) is 0 Å². The van der Waals surface area contributed by atoms with Crippen molar-refractivity contribution in [3.8, 4) is 0 Å². The summed E-state index contributed by atoms with van der Waals surface area (Å²) in [4.78, 5) is 0. The van der Waals surface area contributed by atoms with Gasteiger partial charge in [-0.2, -0.15) is 12.7 Å². The molecule has 14 heavy (non-hydrogen) atoms. The minimum absolute atomic E-state index is 0.229. The van der Waals surface area contributed by atoms with Gasteiger partial charge in [-0.1, -0.05) is 0 Å². The van der Waals surface area contributed by atoms with Crippen molar-refractivity contribution in [3.63, 3.8) is 0 Å². The molecule has 0 radical (unpaired) electrons. The number of nitrogens with zero attached hydrogens (tertiary/aromatic N) is 1. The Bertz CT molecular complexity index is 400. The summed E-state index contributed by atoms with van der Waals surface area (Å²) in [5.41, 5.74) is 0. The van der Waals surface area contributed by atoms with Crippen LogP contribution in [-0.2, 0) is 9.24 Å². The van der Waals surface area contributed by atoms with E-state index in [0.717, 1.165) is 12.8 Å². The standard InChI is InChI=1S/C8H10ClNO3S/c9-14(11,12)10-5-1-3-7(10)8-4-2-6-13-8/h2,4,6-7H,1,3,5H2. The van der Waals surface area contributed by atoms with Gasteiger partial charge in [0.25, 0.3) is 9.24 Å². The van der Waals surface area contributed by atoms with Crippen LogP contribution in [-0.4, -0.2) is 19.3 Å². The van der Waals surface area contributed by atoms with E-state index in [2.05, 4.69) is 0 Å². The Kier molecular flexibility index (Phi) is 2.55. The summed E-state index contributed by atoms with van der Waals surface area (Å²) in [6.07, 6.45) is 3.11. The summed E-state index contributed by atoms with van der Waals surface area (Å²) < 4.78 is 28.8. The van der Waals surface area contributed by atoms with Gasteiger partial charge < -0.3 is 4.42 Å². The maximum absolute atomic E-state index is 11.2. The van der Waals surface area contributed by atoms with Gasteiger partial charge in [-0.05, 0) is 25.0 Å². The molecular weight excluding hydrogens is 226 g/mol. The molecule has 0 aliphatic carbocycles. The number of halogens is 1. The fourth-order valence-electron chi connectivity index (χ4n) is 1.77. The van der Waals surface area contributed by atoms with Gasteiger partial charge in [0.2, 0.25) is 0 Å². The van der Waals surface area contributed by atoms with Gasteiger partial charge in [-0.25, -0.2) is 0 Å². The lowest BCUT2D eigenvalue weighted by Gasteiger charge is -2.18. The molecule has 78 valence electrons. The largest absolute Gasteiger partial charge is 0.468 e. The van der Waals surface area contributed by atoms with Crippen LogP contribution < -0.4 is 0 Å². The normalized spacial score (nSPS) is 24.2. The van der Waals surface area contributed by atoms with Crippen LogP contribution in [0.4, 0.5) is 0 Å². The Morgan fingerprint density at radius 3 is 2.93 bits per heavy atom. The lowest BCUT2D eigenvalue weighted by atomic mass is 10.2. The van der Waals surface area contributed by atoms with Crippen LogP contribution >= 0.6 is 10.7 Å². The average molecular weight is 236 g/mol. The number of furan rings is 1.